The van der Waals surface area contributed by atoms with E-state index >= 15 is 0 Å². The van der Waals surface area contributed by atoms with Crippen molar-refractivity contribution in [3.63, 3.8) is 0 Å². The molecule has 3 heterocycles. The molecule has 0 radical (unpaired) electrons. The fraction of sp³-hybridized carbons (Fsp3) is 0.647. The van der Waals surface area contributed by atoms with Crippen molar-refractivity contribution in [3.05, 3.63) is 30.1 Å². The van der Waals surface area contributed by atoms with Crippen LogP contribution < -0.4 is 0 Å². The maximum Gasteiger partial charge on any atom is 0.226 e. The Labute approximate surface area is 131 Å². The molecule has 2 fully saturated rings. The van der Waals surface area contributed by atoms with E-state index in [9.17, 15) is 4.79 Å². The highest BCUT2D eigenvalue weighted by atomic mass is 16.5. The molecule has 1 aromatic heterocycles. The summed E-state index contributed by atoms with van der Waals surface area (Å²) in [6.07, 6.45) is 7.55. The summed E-state index contributed by atoms with van der Waals surface area (Å²) in [4.78, 5) is 18.9. The Morgan fingerprint density at radius 2 is 1.95 bits per heavy atom. The van der Waals surface area contributed by atoms with Crippen LogP contribution in [-0.2, 0) is 20.8 Å². The largest absolute Gasteiger partial charge is 0.381 e. The average Bonchev–Trinajstić information content (AvgIpc) is 3.08. The first kappa shape index (κ1) is 15.4. The molecular formula is C17H24N2O3. The maximum atomic E-state index is 12.9. The molecule has 0 saturated carbocycles. The van der Waals surface area contributed by atoms with Crippen LogP contribution in [0.2, 0.25) is 0 Å². The Morgan fingerprint density at radius 1 is 1.18 bits per heavy atom. The first-order valence-corrected chi connectivity index (χ1v) is 8.20. The predicted octanol–water partition coefficient (Wildman–Crippen LogP) is 2.02. The van der Waals surface area contributed by atoms with Gasteiger partial charge in [0.1, 0.15) is 0 Å². The Bertz CT molecular complexity index is 468. The van der Waals surface area contributed by atoms with Crippen molar-refractivity contribution in [1.29, 1.82) is 0 Å². The Kier molecular flexibility index (Phi) is 5.40. The standard InChI is InChI=1S/C17H24N2O3/c20-17(15-5-10-21-11-6-15)19(13-16-2-1-9-22-16)12-14-3-7-18-8-4-14/h3-4,7-8,15-16H,1-2,5-6,9-13H2. The zero-order valence-corrected chi connectivity index (χ0v) is 12.9. The number of hydrogen-bond acceptors (Lipinski definition) is 4. The SMILES string of the molecule is O=C(C1CCOCC1)N(Cc1ccncc1)CC1CCCO1. The first-order valence-electron chi connectivity index (χ1n) is 8.20. The first-order chi connectivity index (χ1) is 10.8. The van der Waals surface area contributed by atoms with E-state index in [1.165, 1.54) is 0 Å². The molecule has 5 heteroatoms. The summed E-state index contributed by atoms with van der Waals surface area (Å²) < 4.78 is 11.1. The molecule has 1 unspecified atom stereocenters. The highest BCUT2D eigenvalue weighted by Crippen LogP contribution is 2.21. The number of rotatable bonds is 5. The van der Waals surface area contributed by atoms with Crippen molar-refractivity contribution in [3.8, 4) is 0 Å². The van der Waals surface area contributed by atoms with Gasteiger partial charge in [-0.3, -0.25) is 9.78 Å². The van der Waals surface area contributed by atoms with Gasteiger partial charge >= 0.3 is 0 Å². The van der Waals surface area contributed by atoms with Gasteiger partial charge in [-0.1, -0.05) is 0 Å². The third-order valence-corrected chi connectivity index (χ3v) is 4.45. The number of ether oxygens (including phenoxy) is 2. The van der Waals surface area contributed by atoms with Gasteiger partial charge in [-0.25, -0.2) is 0 Å². The molecule has 120 valence electrons. The molecule has 3 rings (SSSR count). The van der Waals surface area contributed by atoms with Gasteiger partial charge in [-0.15, -0.1) is 0 Å². The maximum absolute atomic E-state index is 12.9. The molecule has 2 aliphatic heterocycles. The van der Waals surface area contributed by atoms with Crippen molar-refractivity contribution in [1.82, 2.24) is 9.88 Å². The van der Waals surface area contributed by atoms with Crippen LogP contribution in [0.4, 0.5) is 0 Å². The number of carbonyl (C=O) groups excluding carboxylic acids is 1. The van der Waals surface area contributed by atoms with Gasteiger partial charge in [0.2, 0.25) is 5.91 Å². The van der Waals surface area contributed by atoms with E-state index in [2.05, 4.69) is 4.98 Å². The van der Waals surface area contributed by atoms with E-state index in [0.717, 1.165) is 37.9 Å². The van der Waals surface area contributed by atoms with Crippen LogP contribution in [0.3, 0.4) is 0 Å². The van der Waals surface area contributed by atoms with Crippen LogP contribution in [0.5, 0.6) is 0 Å². The fourth-order valence-corrected chi connectivity index (χ4v) is 3.18. The second-order valence-electron chi connectivity index (χ2n) is 6.10. The van der Waals surface area contributed by atoms with Crippen LogP contribution in [0.1, 0.15) is 31.2 Å². The summed E-state index contributed by atoms with van der Waals surface area (Å²) in [5.41, 5.74) is 1.12. The highest BCUT2D eigenvalue weighted by molar-refractivity contribution is 5.79. The summed E-state index contributed by atoms with van der Waals surface area (Å²) in [5, 5.41) is 0. The third kappa shape index (κ3) is 4.05. The lowest BCUT2D eigenvalue weighted by atomic mass is 9.98. The molecule has 22 heavy (non-hydrogen) atoms. The Hall–Kier alpha value is -1.46. The minimum absolute atomic E-state index is 0.0944. The van der Waals surface area contributed by atoms with Gasteiger partial charge < -0.3 is 14.4 Å². The van der Waals surface area contributed by atoms with E-state index in [1.54, 1.807) is 12.4 Å². The normalized spacial score (nSPS) is 22.6. The second-order valence-corrected chi connectivity index (χ2v) is 6.10. The average molecular weight is 304 g/mol. The van der Waals surface area contributed by atoms with Gasteiger partial charge in [0.15, 0.2) is 0 Å². The Balaban J connectivity index is 1.67. The third-order valence-electron chi connectivity index (χ3n) is 4.45. The number of pyridine rings is 1. The molecule has 1 atom stereocenters. The van der Waals surface area contributed by atoms with Crippen LogP contribution in [0.25, 0.3) is 0 Å². The molecule has 0 N–H and O–H groups in total. The van der Waals surface area contributed by atoms with Crippen LogP contribution >= 0.6 is 0 Å². The molecule has 0 aliphatic carbocycles. The summed E-state index contributed by atoms with van der Waals surface area (Å²) >= 11 is 0. The molecule has 1 aromatic rings. The van der Waals surface area contributed by atoms with E-state index in [1.807, 2.05) is 17.0 Å². The van der Waals surface area contributed by atoms with E-state index in [0.29, 0.717) is 26.3 Å². The predicted molar refractivity (Wildman–Crippen MR) is 82.2 cm³/mol. The summed E-state index contributed by atoms with van der Waals surface area (Å²) in [6.45, 7) is 3.54. The van der Waals surface area contributed by atoms with E-state index in [-0.39, 0.29) is 17.9 Å². The van der Waals surface area contributed by atoms with E-state index < -0.39 is 0 Å². The molecule has 0 bridgehead atoms. The summed E-state index contributed by atoms with van der Waals surface area (Å²) in [6, 6.07) is 3.94. The van der Waals surface area contributed by atoms with Crippen molar-refractivity contribution >= 4 is 5.91 Å². The topological polar surface area (TPSA) is 51.7 Å². The number of hydrogen-bond donors (Lipinski definition) is 0. The highest BCUT2D eigenvalue weighted by Gasteiger charge is 2.29. The van der Waals surface area contributed by atoms with Gasteiger partial charge in [0, 0.05) is 51.2 Å². The quantitative estimate of drug-likeness (QED) is 0.835. The number of nitrogens with zero attached hydrogens (tertiary/aromatic N) is 2. The molecule has 0 aromatic carbocycles. The molecular weight excluding hydrogens is 280 g/mol. The van der Waals surface area contributed by atoms with Crippen molar-refractivity contribution in [2.75, 3.05) is 26.4 Å². The van der Waals surface area contributed by atoms with Crippen molar-refractivity contribution in [2.24, 2.45) is 5.92 Å². The lowest BCUT2D eigenvalue weighted by Gasteiger charge is -2.31. The van der Waals surface area contributed by atoms with Crippen LogP contribution in [0, 0.1) is 5.92 Å². The minimum Gasteiger partial charge on any atom is -0.381 e. The van der Waals surface area contributed by atoms with Gasteiger partial charge in [0.05, 0.1) is 6.10 Å². The van der Waals surface area contributed by atoms with Gasteiger partial charge in [0.25, 0.3) is 0 Å². The molecule has 5 nitrogen and oxygen atoms in total. The number of aromatic nitrogens is 1. The van der Waals surface area contributed by atoms with Crippen LogP contribution in [-0.4, -0.2) is 48.3 Å². The lowest BCUT2D eigenvalue weighted by Crippen LogP contribution is -2.42. The van der Waals surface area contributed by atoms with E-state index in [4.69, 9.17) is 9.47 Å². The van der Waals surface area contributed by atoms with Crippen LogP contribution in [0.15, 0.2) is 24.5 Å². The van der Waals surface area contributed by atoms with Crippen molar-refractivity contribution < 1.29 is 14.3 Å². The zero-order chi connectivity index (χ0) is 15.2. The minimum atomic E-state index is 0.0944. The smallest absolute Gasteiger partial charge is 0.226 e. The summed E-state index contributed by atoms with van der Waals surface area (Å²) in [7, 11) is 0. The Morgan fingerprint density at radius 3 is 2.64 bits per heavy atom. The monoisotopic (exact) mass is 304 g/mol. The summed E-state index contributed by atoms with van der Waals surface area (Å²) in [5.74, 6) is 0.340. The van der Waals surface area contributed by atoms with Crippen molar-refractivity contribution in [2.45, 2.75) is 38.3 Å². The molecule has 2 aliphatic rings. The van der Waals surface area contributed by atoms with Gasteiger partial charge in [-0.05, 0) is 43.4 Å². The number of carbonyl (C=O) groups is 1. The molecule has 0 spiro atoms. The van der Waals surface area contributed by atoms with Gasteiger partial charge in [-0.2, -0.15) is 0 Å². The number of amides is 1. The molecule has 1 amide bonds. The zero-order valence-electron chi connectivity index (χ0n) is 12.9. The molecule has 2 saturated heterocycles. The lowest BCUT2D eigenvalue weighted by molar-refractivity contribution is -0.140. The second kappa shape index (κ2) is 7.70. The fourth-order valence-electron chi connectivity index (χ4n) is 3.18.